The average molecular weight is 335 g/mol. The molecular weight excluding hydrogens is 314 g/mol. The summed E-state index contributed by atoms with van der Waals surface area (Å²) in [7, 11) is -3.14. The van der Waals surface area contributed by atoms with Crippen LogP contribution in [0.25, 0.3) is 11.4 Å². The van der Waals surface area contributed by atoms with Crippen LogP contribution in [0.3, 0.4) is 0 Å². The minimum Gasteiger partial charge on any atom is -0.264 e. The minimum absolute atomic E-state index is 0.114. The summed E-state index contributed by atoms with van der Waals surface area (Å²) in [5, 5.41) is 4.28. The first-order chi connectivity index (χ1) is 10.9. The van der Waals surface area contributed by atoms with Crippen molar-refractivity contribution in [1.82, 2.24) is 24.1 Å². The molecule has 0 unspecified atom stereocenters. The summed E-state index contributed by atoms with van der Waals surface area (Å²) in [4.78, 5) is 9.06. The first kappa shape index (κ1) is 16.1. The summed E-state index contributed by atoms with van der Waals surface area (Å²) in [6.45, 7) is 5.71. The Balaban J connectivity index is 1.93. The fourth-order valence-corrected chi connectivity index (χ4v) is 3.89. The van der Waals surface area contributed by atoms with Gasteiger partial charge in [0.1, 0.15) is 5.82 Å². The summed E-state index contributed by atoms with van der Waals surface area (Å²) < 4.78 is 26.8. The van der Waals surface area contributed by atoms with Gasteiger partial charge in [0.05, 0.1) is 17.6 Å². The summed E-state index contributed by atoms with van der Waals surface area (Å²) in [5.74, 6) is 0.808. The predicted octanol–water partition coefficient (Wildman–Crippen LogP) is 1.42. The predicted molar refractivity (Wildman–Crippen MR) is 87.4 cm³/mol. The second kappa shape index (κ2) is 6.01. The van der Waals surface area contributed by atoms with Crippen LogP contribution in [-0.4, -0.2) is 51.8 Å². The highest BCUT2D eigenvalue weighted by Gasteiger charge is 2.30. The zero-order valence-corrected chi connectivity index (χ0v) is 14.4. The molecule has 8 heteroatoms. The third-order valence-electron chi connectivity index (χ3n) is 4.17. The van der Waals surface area contributed by atoms with Crippen LogP contribution in [0.2, 0.25) is 0 Å². The topological polar surface area (TPSA) is 81.0 Å². The van der Waals surface area contributed by atoms with Crippen LogP contribution in [0.1, 0.15) is 30.8 Å². The molecule has 23 heavy (non-hydrogen) atoms. The molecule has 0 aromatic carbocycles. The Morgan fingerprint density at radius 2 is 2.13 bits per heavy atom. The number of hydrogen-bond acceptors (Lipinski definition) is 5. The maximum absolute atomic E-state index is 11.7. The number of aromatic nitrogens is 4. The number of nitrogens with zero attached hydrogens (tertiary/aromatic N) is 5. The van der Waals surface area contributed by atoms with Gasteiger partial charge in [0.25, 0.3) is 0 Å². The van der Waals surface area contributed by atoms with Gasteiger partial charge in [0, 0.05) is 37.4 Å². The molecule has 3 rings (SSSR count). The van der Waals surface area contributed by atoms with Crippen molar-refractivity contribution in [2.24, 2.45) is 0 Å². The van der Waals surface area contributed by atoms with Crippen molar-refractivity contribution < 1.29 is 8.42 Å². The van der Waals surface area contributed by atoms with E-state index in [1.54, 1.807) is 6.20 Å². The summed E-state index contributed by atoms with van der Waals surface area (Å²) in [6, 6.07) is 3.90. The van der Waals surface area contributed by atoms with Crippen LogP contribution >= 0.6 is 0 Å². The molecule has 2 aromatic rings. The largest absolute Gasteiger partial charge is 0.264 e. The molecule has 3 heterocycles. The zero-order chi connectivity index (χ0) is 16.6. The molecule has 124 valence electrons. The van der Waals surface area contributed by atoms with Gasteiger partial charge in [0.15, 0.2) is 0 Å². The molecule has 0 spiro atoms. The Kier molecular flexibility index (Phi) is 4.20. The Labute approximate surface area is 136 Å². The van der Waals surface area contributed by atoms with E-state index in [1.165, 1.54) is 10.6 Å². The second-order valence-corrected chi connectivity index (χ2v) is 7.85. The van der Waals surface area contributed by atoms with Gasteiger partial charge >= 0.3 is 0 Å². The molecule has 1 aliphatic rings. The first-order valence-corrected chi connectivity index (χ1v) is 9.56. The van der Waals surface area contributed by atoms with Gasteiger partial charge in [-0.05, 0) is 32.4 Å². The van der Waals surface area contributed by atoms with E-state index in [9.17, 15) is 8.42 Å². The van der Waals surface area contributed by atoms with Crippen LogP contribution < -0.4 is 0 Å². The van der Waals surface area contributed by atoms with Gasteiger partial charge in [-0.1, -0.05) is 0 Å². The monoisotopic (exact) mass is 335 g/mol. The molecule has 0 bridgehead atoms. The van der Waals surface area contributed by atoms with Crippen molar-refractivity contribution in [3.05, 3.63) is 29.8 Å². The smallest absolute Gasteiger partial charge is 0.211 e. The van der Waals surface area contributed by atoms with Crippen molar-refractivity contribution in [2.75, 3.05) is 19.3 Å². The Morgan fingerprint density at radius 1 is 1.35 bits per heavy atom. The molecule has 1 atom stereocenters. The minimum atomic E-state index is -3.14. The van der Waals surface area contributed by atoms with Gasteiger partial charge in [0.2, 0.25) is 10.0 Å². The third-order valence-corrected chi connectivity index (χ3v) is 5.44. The standard InChI is InChI=1S/C15H21N5O2S/c1-4-20-15(5-7-16-20)14-9-13(17-11(2)18-14)12-6-8-19(10-12)23(3,21)22/h5,7,9,12H,4,6,8,10H2,1-3H3/t12-/m0/s1. The van der Waals surface area contributed by atoms with Crippen LogP contribution in [0, 0.1) is 6.92 Å². The lowest BCUT2D eigenvalue weighted by atomic mass is 10.0. The van der Waals surface area contributed by atoms with Crippen LogP contribution in [0.15, 0.2) is 18.3 Å². The third kappa shape index (κ3) is 3.28. The molecule has 0 saturated carbocycles. The number of hydrogen-bond donors (Lipinski definition) is 0. The van der Waals surface area contributed by atoms with E-state index in [-0.39, 0.29) is 5.92 Å². The number of sulfonamides is 1. The lowest BCUT2D eigenvalue weighted by molar-refractivity contribution is 0.477. The van der Waals surface area contributed by atoms with Crippen molar-refractivity contribution in [3.8, 4) is 11.4 Å². The van der Waals surface area contributed by atoms with Gasteiger partial charge in [-0.2, -0.15) is 5.10 Å². The van der Waals surface area contributed by atoms with E-state index in [4.69, 9.17) is 0 Å². The zero-order valence-electron chi connectivity index (χ0n) is 13.6. The van der Waals surface area contributed by atoms with Gasteiger partial charge in [-0.25, -0.2) is 22.7 Å². The molecule has 2 aromatic heterocycles. The van der Waals surface area contributed by atoms with E-state index in [2.05, 4.69) is 15.1 Å². The molecule has 0 aliphatic carbocycles. The molecule has 1 fully saturated rings. The lowest BCUT2D eigenvalue weighted by Gasteiger charge is -2.14. The normalized spacial score (nSPS) is 19.3. The highest BCUT2D eigenvalue weighted by molar-refractivity contribution is 7.88. The molecule has 1 aliphatic heterocycles. The van der Waals surface area contributed by atoms with Crippen molar-refractivity contribution in [1.29, 1.82) is 0 Å². The van der Waals surface area contributed by atoms with E-state index in [1.807, 2.05) is 30.7 Å². The van der Waals surface area contributed by atoms with Gasteiger partial charge in [-0.3, -0.25) is 4.68 Å². The van der Waals surface area contributed by atoms with Crippen LogP contribution in [0.5, 0.6) is 0 Å². The van der Waals surface area contributed by atoms with E-state index >= 15 is 0 Å². The van der Waals surface area contributed by atoms with E-state index in [0.717, 1.165) is 30.0 Å². The Hall–Kier alpha value is -1.80. The van der Waals surface area contributed by atoms with Crippen molar-refractivity contribution >= 4 is 10.0 Å². The maximum atomic E-state index is 11.7. The summed E-state index contributed by atoms with van der Waals surface area (Å²) >= 11 is 0. The number of aryl methyl sites for hydroxylation is 2. The SMILES string of the molecule is CCn1nccc1-c1cc([C@H]2CCN(S(C)(=O)=O)C2)nc(C)n1. The highest BCUT2D eigenvalue weighted by Crippen LogP contribution is 2.29. The maximum Gasteiger partial charge on any atom is 0.211 e. The van der Waals surface area contributed by atoms with Gasteiger partial charge in [-0.15, -0.1) is 0 Å². The second-order valence-electron chi connectivity index (χ2n) is 5.86. The van der Waals surface area contributed by atoms with E-state index in [0.29, 0.717) is 18.9 Å². The lowest BCUT2D eigenvalue weighted by Crippen LogP contribution is -2.27. The van der Waals surface area contributed by atoms with Gasteiger partial charge < -0.3 is 0 Å². The Morgan fingerprint density at radius 3 is 2.78 bits per heavy atom. The molecule has 7 nitrogen and oxygen atoms in total. The summed E-state index contributed by atoms with van der Waals surface area (Å²) in [5.41, 5.74) is 2.70. The average Bonchev–Trinajstić information content (AvgIpc) is 3.15. The summed E-state index contributed by atoms with van der Waals surface area (Å²) in [6.07, 6.45) is 3.80. The molecule has 0 N–H and O–H groups in total. The molecule has 0 amide bonds. The van der Waals surface area contributed by atoms with Crippen molar-refractivity contribution in [3.63, 3.8) is 0 Å². The highest BCUT2D eigenvalue weighted by atomic mass is 32.2. The first-order valence-electron chi connectivity index (χ1n) is 7.71. The Bertz CT molecular complexity index is 815. The fraction of sp³-hybridized carbons (Fsp3) is 0.533. The van der Waals surface area contributed by atoms with Crippen LogP contribution in [-0.2, 0) is 16.6 Å². The fourth-order valence-electron chi connectivity index (χ4n) is 3.00. The number of rotatable bonds is 4. The molecular formula is C15H21N5O2S. The van der Waals surface area contributed by atoms with Crippen molar-refractivity contribution in [2.45, 2.75) is 32.7 Å². The molecule has 1 saturated heterocycles. The quantitative estimate of drug-likeness (QED) is 0.844. The van der Waals surface area contributed by atoms with E-state index < -0.39 is 10.0 Å². The van der Waals surface area contributed by atoms with Crippen LogP contribution in [0.4, 0.5) is 0 Å². The molecule has 0 radical (unpaired) electrons.